The second kappa shape index (κ2) is 6.75. The summed E-state index contributed by atoms with van der Waals surface area (Å²) in [5.41, 5.74) is 0.607. The molecule has 0 saturated heterocycles. The lowest BCUT2D eigenvalue weighted by molar-refractivity contribution is 0.0498. The predicted octanol–water partition coefficient (Wildman–Crippen LogP) is 2.99. The Kier molecular flexibility index (Phi) is 5.22. The lowest BCUT2D eigenvalue weighted by Gasteiger charge is -2.25. The van der Waals surface area contributed by atoms with Crippen molar-refractivity contribution in [3.8, 4) is 0 Å². The van der Waals surface area contributed by atoms with Crippen LogP contribution in [0.5, 0.6) is 0 Å². The fourth-order valence-electron chi connectivity index (χ4n) is 2.54. The summed E-state index contributed by atoms with van der Waals surface area (Å²) in [7, 11) is 0. The number of nitrogens with zero attached hydrogens (tertiary/aromatic N) is 1. The number of nitrogens with one attached hydrogen (secondary N) is 2. The van der Waals surface area contributed by atoms with E-state index in [1.54, 1.807) is 11.3 Å². The Bertz CT molecular complexity index is 482. The smallest absolute Gasteiger partial charge is 0.407 e. The quantitative estimate of drug-likeness (QED) is 0.897. The molecule has 2 unspecified atom stereocenters. The number of hydrogen-bond donors (Lipinski definition) is 2. The van der Waals surface area contributed by atoms with E-state index in [1.165, 1.54) is 0 Å². The van der Waals surface area contributed by atoms with Gasteiger partial charge in [-0.15, -0.1) is 11.3 Å². The van der Waals surface area contributed by atoms with Gasteiger partial charge in [-0.2, -0.15) is 0 Å². The first kappa shape index (κ1) is 16.2. The van der Waals surface area contributed by atoms with Gasteiger partial charge in [0.05, 0.1) is 0 Å². The van der Waals surface area contributed by atoms with Gasteiger partial charge in [0, 0.05) is 29.7 Å². The average molecular weight is 311 g/mol. The summed E-state index contributed by atoms with van der Waals surface area (Å²) in [5.74, 6) is 0. The second-order valence-corrected chi connectivity index (χ2v) is 7.50. The summed E-state index contributed by atoms with van der Waals surface area (Å²) in [6.45, 7) is 8.39. The van der Waals surface area contributed by atoms with E-state index >= 15 is 0 Å². The first-order valence-corrected chi connectivity index (χ1v) is 8.35. The molecule has 1 fully saturated rings. The fraction of sp³-hybridized carbons (Fsp3) is 0.733. The van der Waals surface area contributed by atoms with E-state index in [2.05, 4.69) is 21.0 Å². The van der Waals surface area contributed by atoms with Crippen LogP contribution >= 0.6 is 11.3 Å². The predicted molar refractivity (Wildman–Crippen MR) is 84.5 cm³/mol. The van der Waals surface area contributed by atoms with Crippen LogP contribution in [0.25, 0.3) is 0 Å². The van der Waals surface area contributed by atoms with Gasteiger partial charge in [-0.25, -0.2) is 9.78 Å². The van der Waals surface area contributed by atoms with Gasteiger partial charge in [0.25, 0.3) is 0 Å². The van der Waals surface area contributed by atoms with Crippen LogP contribution in [0.15, 0.2) is 5.38 Å². The van der Waals surface area contributed by atoms with Crippen molar-refractivity contribution in [2.24, 2.45) is 0 Å². The highest BCUT2D eigenvalue weighted by Crippen LogP contribution is 2.21. The summed E-state index contributed by atoms with van der Waals surface area (Å²) in [6.07, 6.45) is 2.86. The van der Waals surface area contributed by atoms with Crippen molar-refractivity contribution >= 4 is 17.4 Å². The maximum atomic E-state index is 11.9. The van der Waals surface area contributed by atoms with Crippen LogP contribution in [0, 0.1) is 6.92 Å². The molecular formula is C15H25N3O2S. The lowest BCUT2D eigenvalue weighted by atomic mass is 10.1. The molecule has 0 radical (unpaired) electrons. The first-order valence-electron chi connectivity index (χ1n) is 7.47. The third-order valence-corrected chi connectivity index (χ3v) is 4.37. The van der Waals surface area contributed by atoms with Crippen molar-refractivity contribution in [1.29, 1.82) is 0 Å². The normalized spacial score (nSPS) is 22.3. The minimum absolute atomic E-state index is 0.140. The Morgan fingerprint density at radius 3 is 2.76 bits per heavy atom. The van der Waals surface area contributed by atoms with Gasteiger partial charge in [-0.1, -0.05) is 0 Å². The van der Waals surface area contributed by atoms with Gasteiger partial charge in [-0.05, 0) is 47.0 Å². The van der Waals surface area contributed by atoms with Crippen LogP contribution in [0.3, 0.4) is 0 Å². The molecule has 0 aliphatic heterocycles. The Morgan fingerprint density at radius 2 is 2.14 bits per heavy atom. The van der Waals surface area contributed by atoms with Crippen molar-refractivity contribution in [3.05, 3.63) is 16.1 Å². The van der Waals surface area contributed by atoms with Crippen molar-refractivity contribution in [2.45, 2.75) is 71.2 Å². The number of amides is 1. The van der Waals surface area contributed by atoms with Gasteiger partial charge in [-0.3, -0.25) is 0 Å². The number of carbonyl (C=O) groups is 1. The van der Waals surface area contributed by atoms with Gasteiger partial charge < -0.3 is 15.4 Å². The molecule has 2 atom stereocenters. The Hall–Kier alpha value is -1.14. The molecule has 118 valence electrons. The summed E-state index contributed by atoms with van der Waals surface area (Å²) in [5, 5.41) is 9.64. The SMILES string of the molecule is Cc1csc(CNC2CCCC2NC(=O)OC(C)(C)C)n1. The number of rotatable bonds is 4. The van der Waals surface area contributed by atoms with Crippen LogP contribution in [-0.2, 0) is 11.3 Å². The molecular weight excluding hydrogens is 286 g/mol. The van der Waals surface area contributed by atoms with Gasteiger partial charge >= 0.3 is 6.09 Å². The molecule has 2 N–H and O–H groups in total. The number of carbonyl (C=O) groups excluding carboxylic acids is 1. The zero-order valence-corrected chi connectivity index (χ0v) is 14.0. The highest BCUT2D eigenvalue weighted by atomic mass is 32.1. The molecule has 0 bridgehead atoms. The van der Waals surface area contributed by atoms with E-state index in [9.17, 15) is 4.79 Å². The molecule has 21 heavy (non-hydrogen) atoms. The third-order valence-electron chi connectivity index (χ3n) is 3.40. The van der Waals surface area contributed by atoms with Crippen LogP contribution in [-0.4, -0.2) is 28.8 Å². The number of hydrogen-bond acceptors (Lipinski definition) is 5. The third kappa shape index (κ3) is 5.28. The summed E-state index contributed by atoms with van der Waals surface area (Å²) in [6, 6.07) is 0.433. The number of aromatic nitrogens is 1. The summed E-state index contributed by atoms with van der Waals surface area (Å²) >= 11 is 1.67. The van der Waals surface area contributed by atoms with Crippen molar-refractivity contribution < 1.29 is 9.53 Å². The molecule has 5 nitrogen and oxygen atoms in total. The van der Waals surface area contributed by atoms with E-state index in [0.29, 0.717) is 6.04 Å². The average Bonchev–Trinajstić information content (AvgIpc) is 2.93. The van der Waals surface area contributed by atoms with Gasteiger partial charge in [0.2, 0.25) is 0 Å². The Labute approximate surface area is 130 Å². The monoisotopic (exact) mass is 311 g/mol. The molecule has 1 aromatic rings. The molecule has 0 aromatic carbocycles. The van der Waals surface area contributed by atoms with E-state index in [0.717, 1.165) is 36.5 Å². The standard InChI is InChI=1S/C15H25N3O2S/c1-10-9-21-13(17-10)8-16-11-6-5-7-12(11)18-14(19)20-15(2,3)4/h9,11-12,16H,5-8H2,1-4H3,(H,18,19). The molecule has 1 heterocycles. The summed E-state index contributed by atoms with van der Waals surface area (Å²) in [4.78, 5) is 16.3. The van der Waals surface area contributed by atoms with Gasteiger partial charge in [0.15, 0.2) is 0 Å². The van der Waals surface area contributed by atoms with Crippen LogP contribution < -0.4 is 10.6 Å². The molecule has 1 amide bonds. The second-order valence-electron chi connectivity index (χ2n) is 6.55. The van der Waals surface area contributed by atoms with E-state index in [4.69, 9.17) is 4.74 Å². The molecule has 0 spiro atoms. The highest BCUT2D eigenvalue weighted by molar-refractivity contribution is 7.09. The van der Waals surface area contributed by atoms with Crippen LogP contribution in [0.4, 0.5) is 4.79 Å². The van der Waals surface area contributed by atoms with Crippen LogP contribution in [0.1, 0.15) is 50.7 Å². The zero-order valence-electron chi connectivity index (χ0n) is 13.2. The molecule has 1 saturated carbocycles. The molecule has 1 aliphatic rings. The van der Waals surface area contributed by atoms with E-state index < -0.39 is 5.60 Å². The number of ether oxygens (including phenoxy) is 1. The van der Waals surface area contributed by atoms with Crippen molar-refractivity contribution in [2.75, 3.05) is 0 Å². The highest BCUT2D eigenvalue weighted by Gasteiger charge is 2.29. The minimum atomic E-state index is -0.454. The van der Waals surface area contributed by atoms with E-state index in [-0.39, 0.29) is 12.1 Å². The fourth-order valence-corrected chi connectivity index (χ4v) is 3.26. The Balaban J connectivity index is 1.81. The van der Waals surface area contributed by atoms with Crippen molar-refractivity contribution in [1.82, 2.24) is 15.6 Å². The minimum Gasteiger partial charge on any atom is -0.444 e. The topological polar surface area (TPSA) is 63.2 Å². The van der Waals surface area contributed by atoms with Crippen molar-refractivity contribution in [3.63, 3.8) is 0 Å². The number of thiazole rings is 1. The molecule has 1 aliphatic carbocycles. The zero-order chi connectivity index (χ0) is 15.5. The molecule has 6 heteroatoms. The largest absolute Gasteiger partial charge is 0.444 e. The van der Waals surface area contributed by atoms with E-state index in [1.807, 2.05) is 27.7 Å². The molecule has 2 rings (SSSR count). The number of aryl methyl sites for hydroxylation is 1. The van der Waals surface area contributed by atoms with Crippen LogP contribution in [0.2, 0.25) is 0 Å². The number of alkyl carbamates (subject to hydrolysis) is 1. The Morgan fingerprint density at radius 1 is 1.43 bits per heavy atom. The molecule has 1 aromatic heterocycles. The lowest BCUT2D eigenvalue weighted by Crippen LogP contribution is -2.47. The first-order chi connectivity index (χ1) is 9.83. The summed E-state index contributed by atoms with van der Waals surface area (Å²) < 4.78 is 5.33. The maximum Gasteiger partial charge on any atom is 0.407 e. The van der Waals surface area contributed by atoms with Gasteiger partial charge in [0.1, 0.15) is 10.6 Å². The maximum absolute atomic E-state index is 11.9.